The average molecular weight is 477 g/mol. The van der Waals surface area contributed by atoms with Crippen molar-refractivity contribution >= 4 is 21.6 Å². The molecule has 2 aromatic carbocycles. The summed E-state index contributed by atoms with van der Waals surface area (Å²) in [6.07, 6.45) is 3.17. The number of hydrogen-bond acceptors (Lipinski definition) is 7. The Morgan fingerprint density at radius 3 is 2.27 bits per heavy atom. The fourth-order valence-electron chi connectivity index (χ4n) is 3.53. The molecule has 0 aliphatic carbocycles. The van der Waals surface area contributed by atoms with E-state index in [0.717, 1.165) is 12.8 Å². The van der Waals surface area contributed by atoms with Crippen LogP contribution in [0.1, 0.15) is 32.1 Å². The number of anilines is 1. The van der Waals surface area contributed by atoms with E-state index in [2.05, 4.69) is 10.0 Å². The molecule has 1 amide bonds. The molecule has 33 heavy (non-hydrogen) atoms. The number of rotatable bonds is 9. The van der Waals surface area contributed by atoms with Crippen LogP contribution in [-0.2, 0) is 14.8 Å². The largest absolute Gasteiger partial charge is 0.490 e. The van der Waals surface area contributed by atoms with Crippen LogP contribution in [-0.4, -0.2) is 47.3 Å². The molecule has 2 N–H and O–H groups in total. The van der Waals surface area contributed by atoms with Crippen molar-refractivity contribution in [2.45, 2.75) is 37.0 Å². The Hall–Kier alpha value is -2.98. The van der Waals surface area contributed by atoms with Crippen LogP contribution in [0, 0.1) is 0 Å². The minimum Gasteiger partial charge on any atom is -0.490 e. The van der Waals surface area contributed by atoms with E-state index >= 15 is 0 Å². The Kier molecular flexibility index (Phi) is 7.56. The highest BCUT2D eigenvalue weighted by Gasteiger charge is 2.19. The maximum Gasteiger partial charge on any atom is 0.240 e. The molecule has 0 aromatic heterocycles. The van der Waals surface area contributed by atoms with Gasteiger partial charge in [0.1, 0.15) is 13.2 Å². The Morgan fingerprint density at radius 1 is 0.788 bits per heavy atom. The van der Waals surface area contributed by atoms with Gasteiger partial charge in [-0.2, -0.15) is 0 Å². The number of hydrogen-bond donors (Lipinski definition) is 2. The first kappa shape index (κ1) is 23.2. The molecule has 2 aliphatic rings. The molecule has 0 atom stereocenters. The van der Waals surface area contributed by atoms with E-state index in [4.69, 9.17) is 18.9 Å². The van der Waals surface area contributed by atoms with E-state index in [-0.39, 0.29) is 10.8 Å². The molecule has 9 nitrogen and oxygen atoms in total. The Bertz CT molecular complexity index is 1090. The topological polar surface area (TPSA) is 112 Å². The molecule has 0 saturated carbocycles. The van der Waals surface area contributed by atoms with Crippen LogP contribution < -0.4 is 29.0 Å². The summed E-state index contributed by atoms with van der Waals surface area (Å²) in [5, 5.41) is 2.87. The number of fused-ring (bicyclic) bond motifs is 2. The zero-order valence-electron chi connectivity index (χ0n) is 18.3. The second-order valence-corrected chi connectivity index (χ2v) is 9.54. The van der Waals surface area contributed by atoms with E-state index in [0.29, 0.717) is 80.9 Å². The zero-order valence-corrected chi connectivity index (χ0v) is 19.1. The summed E-state index contributed by atoms with van der Waals surface area (Å²) in [5.41, 5.74) is 0.663. The molecule has 0 radical (unpaired) electrons. The van der Waals surface area contributed by atoms with Crippen molar-refractivity contribution in [2.75, 3.05) is 38.3 Å². The van der Waals surface area contributed by atoms with Crippen LogP contribution in [0.25, 0.3) is 0 Å². The first-order chi connectivity index (χ1) is 16.0. The minimum absolute atomic E-state index is 0.0960. The first-order valence-corrected chi connectivity index (χ1v) is 12.6. The molecule has 0 bridgehead atoms. The number of nitrogens with one attached hydrogen (secondary N) is 2. The van der Waals surface area contributed by atoms with Crippen molar-refractivity contribution in [3.05, 3.63) is 36.4 Å². The van der Waals surface area contributed by atoms with Crippen LogP contribution in [0.5, 0.6) is 23.0 Å². The van der Waals surface area contributed by atoms with Gasteiger partial charge in [0, 0.05) is 37.2 Å². The first-order valence-electron chi connectivity index (χ1n) is 11.1. The second kappa shape index (κ2) is 10.8. The van der Waals surface area contributed by atoms with Gasteiger partial charge in [-0.15, -0.1) is 0 Å². The van der Waals surface area contributed by atoms with Crippen LogP contribution >= 0.6 is 0 Å². The van der Waals surface area contributed by atoms with E-state index in [1.54, 1.807) is 24.3 Å². The minimum atomic E-state index is -3.64. The highest BCUT2D eigenvalue weighted by molar-refractivity contribution is 7.89. The number of ether oxygens (including phenoxy) is 4. The summed E-state index contributed by atoms with van der Waals surface area (Å²) in [4.78, 5) is 12.4. The third-order valence-corrected chi connectivity index (χ3v) is 6.69. The summed E-state index contributed by atoms with van der Waals surface area (Å²) < 4.78 is 49.7. The third-order valence-electron chi connectivity index (χ3n) is 5.23. The van der Waals surface area contributed by atoms with Crippen molar-refractivity contribution in [2.24, 2.45) is 0 Å². The van der Waals surface area contributed by atoms with E-state index in [1.807, 2.05) is 0 Å². The Morgan fingerprint density at radius 2 is 1.45 bits per heavy atom. The fourth-order valence-corrected chi connectivity index (χ4v) is 4.62. The quantitative estimate of drug-likeness (QED) is 0.535. The van der Waals surface area contributed by atoms with Gasteiger partial charge in [0.05, 0.1) is 18.1 Å². The van der Waals surface area contributed by atoms with Gasteiger partial charge < -0.3 is 24.3 Å². The number of carbonyl (C=O) groups excluding carboxylic acids is 1. The highest BCUT2D eigenvalue weighted by atomic mass is 32.2. The van der Waals surface area contributed by atoms with Gasteiger partial charge in [-0.3, -0.25) is 4.79 Å². The number of carbonyl (C=O) groups is 1. The summed E-state index contributed by atoms with van der Waals surface area (Å²) >= 11 is 0. The predicted molar refractivity (Wildman–Crippen MR) is 122 cm³/mol. The standard InChI is InChI=1S/C23H28N2O7S/c26-23(25-17-6-8-19-21(15-17)30-12-4-11-29-19)5-2-1-3-10-24-33(27,28)18-7-9-20-22(16-18)32-14-13-31-20/h6-9,15-16,24H,1-5,10-14H2,(H,25,26). The molecule has 0 unspecified atom stereocenters. The average Bonchev–Trinajstić information content (AvgIpc) is 3.06. The summed E-state index contributed by atoms with van der Waals surface area (Å²) in [5.74, 6) is 2.20. The molecule has 2 aliphatic heterocycles. The van der Waals surface area contributed by atoms with Gasteiger partial charge in [0.2, 0.25) is 15.9 Å². The van der Waals surface area contributed by atoms with Gasteiger partial charge in [0.25, 0.3) is 0 Å². The molecule has 2 aromatic rings. The maximum atomic E-state index is 12.5. The van der Waals surface area contributed by atoms with Crippen molar-refractivity contribution < 1.29 is 32.2 Å². The van der Waals surface area contributed by atoms with Gasteiger partial charge in [-0.25, -0.2) is 13.1 Å². The van der Waals surface area contributed by atoms with Crippen molar-refractivity contribution in [3.8, 4) is 23.0 Å². The predicted octanol–water partition coefficient (Wildman–Crippen LogP) is 3.10. The highest BCUT2D eigenvalue weighted by Crippen LogP contribution is 2.33. The number of amides is 1. The van der Waals surface area contributed by atoms with Crippen molar-refractivity contribution in [3.63, 3.8) is 0 Å². The SMILES string of the molecule is O=C(CCCCCNS(=O)(=O)c1ccc2c(c1)OCCO2)Nc1ccc2c(c1)OCCCO2. The number of sulfonamides is 1. The lowest BCUT2D eigenvalue weighted by molar-refractivity contribution is -0.116. The smallest absolute Gasteiger partial charge is 0.240 e. The van der Waals surface area contributed by atoms with Crippen LogP contribution in [0.2, 0.25) is 0 Å². The van der Waals surface area contributed by atoms with Gasteiger partial charge in [-0.1, -0.05) is 6.42 Å². The Labute approximate surface area is 193 Å². The maximum absolute atomic E-state index is 12.5. The monoisotopic (exact) mass is 476 g/mol. The van der Waals surface area contributed by atoms with Gasteiger partial charge in [0.15, 0.2) is 23.0 Å². The molecule has 0 fully saturated rings. The van der Waals surface area contributed by atoms with Crippen LogP contribution in [0.3, 0.4) is 0 Å². The molecule has 4 rings (SSSR count). The van der Waals surface area contributed by atoms with E-state index < -0.39 is 10.0 Å². The zero-order chi connectivity index (χ0) is 23.1. The molecular formula is C23H28N2O7S. The molecule has 10 heteroatoms. The molecule has 2 heterocycles. The molecule has 0 spiro atoms. The van der Waals surface area contributed by atoms with Crippen LogP contribution in [0.4, 0.5) is 5.69 Å². The summed E-state index contributed by atoms with van der Waals surface area (Å²) in [6, 6.07) is 9.93. The van der Waals surface area contributed by atoms with E-state index in [9.17, 15) is 13.2 Å². The molecular weight excluding hydrogens is 448 g/mol. The number of benzene rings is 2. The normalized spacial score (nSPS) is 14.9. The van der Waals surface area contributed by atoms with Crippen molar-refractivity contribution in [1.29, 1.82) is 0 Å². The number of unbranched alkanes of at least 4 members (excludes halogenated alkanes) is 2. The lowest BCUT2D eigenvalue weighted by atomic mass is 10.2. The summed E-state index contributed by atoms with van der Waals surface area (Å²) in [7, 11) is -3.64. The Balaban J connectivity index is 1.16. The lowest BCUT2D eigenvalue weighted by Crippen LogP contribution is -2.25. The molecule has 178 valence electrons. The summed E-state index contributed by atoms with van der Waals surface area (Å²) in [6.45, 7) is 2.34. The van der Waals surface area contributed by atoms with Crippen molar-refractivity contribution in [1.82, 2.24) is 4.72 Å². The van der Waals surface area contributed by atoms with Gasteiger partial charge >= 0.3 is 0 Å². The van der Waals surface area contributed by atoms with E-state index in [1.165, 1.54) is 12.1 Å². The lowest BCUT2D eigenvalue weighted by Gasteiger charge is -2.18. The van der Waals surface area contributed by atoms with Crippen LogP contribution in [0.15, 0.2) is 41.3 Å². The fraction of sp³-hybridized carbons (Fsp3) is 0.435. The second-order valence-electron chi connectivity index (χ2n) is 7.77. The third kappa shape index (κ3) is 6.29. The molecule has 0 saturated heterocycles. The van der Waals surface area contributed by atoms with Gasteiger partial charge in [-0.05, 0) is 37.1 Å².